The van der Waals surface area contributed by atoms with Crippen LogP contribution >= 0.6 is 27.5 Å². The van der Waals surface area contributed by atoms with Crippen LogP contribution < -0.4 is 0 Å². The van der Waals surface area contributed by atoms with Gasteiger partial charge in [0.25, 0.3) is 5.91 Å². The molecule has 1 aliphatic heterocycles. The van der Waals surface area contributed by atoms with Gasteiger partial charge in [-0.1, -0.05) is 0 Å². The van der Waals surface area contributed by atoms with Gasteiger partial charge in [-0.2, -0.15) is 0 Å². The fraction of sp³-hybridized carbons (Fsp3) is 0.538. The van der Waals surface area contributed by atoms with Gasteiger partial charge in [0.2, 0.25) is 5.91 Å². The Hall–Kier alpha value is -1.01. The van der Waals surface area contributed by atoms with Crippen LogP contribution in [0.4, 0.5) is 0 Å². The number of piperazine rings is 1. The van der Waals surface area contributed by atoms with E-state index < -0.39 is 0 Å². The van der Waals surface area contributed by atoms with Crippen molar-refractivity contribution < 1.29 is 14.0 Å². The Morgan fingerprint density at radius 2 is 1.85 bits per heavy atom. The van der Waals surface area contributed by atoms with E-state index in [2.05, 4.69) is 15.9 Å². The highest BCUT2D eigenvalue weighted by atomic mass is 79.9. The molecular weight excluding hydrogens is 348 g/mol. The predicted molar refractivity (Wildman–Crippen MR) is 78.8 cm³/mol. The molecule has 7 heteroatoms. The third-order valence-corrected chi connectivity index (χ3v) is 3.92. The smallest absolute Gasteiger partial charge is 0.289 e. The number of hydrogen-bond donors (Lipinski definition) is 0. The summed E-state index contributed by atoms with van der Waals surface area (Å²) in [5.74, 6) is 0.790. The van der Waals surface area contributed by atoms with E-state index in [0.717, 1.165) is 0 Å². The largest absolute Gasteiger partial charge is 0.444 e. The number of carbonyl (C=O) groups is 2. The Labute approximate surface area is 131 Å². The fourth-order valence-electron chi connectivity index (χ4n) is 2.12. The van der Waals surface area contributed by atoms with Crippen molar-refractivity contribution in [2.45, 2.75) is 12.8 Å². The van der Waals surface area contributed by atoms with Gasteiger partial charge in [-0.05, 0) is 34.5 Å². The van der Waals surface area contributed by atoms with Gasteiger partial charge < -0.3 is 14.2 Å². The minimum absolute atomic E-state index is 0.110. The van der Waals surface area contributed by atoms with E-state index in [0.29, 0.717) is 55.3 Å². The molecule has 110 valence electrons. The molecule has 20 heavy (non-hydrogen) atoms. The number of furan rings is 1. The van der Waals surface area contributed by atoms with Crippen LogP contribution in [0.3, 0.4) is 0 Å². The summed E-state index contributed by atoms with van der Waals surface area (Å²) in [7, 11) is 0. The molecule has 5 nitrogen and oxygen atoms in total. The zero-order valence-electron chi connectivity index (χ0n) is 11.0. The highest BCUT2D eigenvalue weighted by molar-refractivity contribution is 9.10. The summed E-state index contributed by atoms with van der Waals surface area (Å²) in [5.41, 5.74) is 0. The van der Waals surface area contributed by atoms with Crippen molar-refractivity contribution in [1.29, 1.82) is 0 Å². The highest BCUT2D eigenvalue weighted by Crippen LogP contribution is 2.17. The third-order valence-electron chi connectivity index (χ3n) is 3.23. The first-order valence-electron chi connectivity index (χ1n) is 6.50. The van der Waals surface area contributed by atoms with E-state index in [1.54, 1.807) is 21.9 Å². The SMILES string of the molecule is O=C(CCCCl)N1CCN(C(=O)c2ccc(Br)o2)CC1. The Bertz CT molecular complexity index is 484. The first-order valence-corrected chi connectivity index (χ1v) is 7.83. The van der Waals surface area contributed by atoms with Gasteiger partial charge >= 0.3 is 0 Å². The van der Waals surface area contributed by atoms with Crippen molar-refractivity contribution in [1.82, 2.24) is 9.80 Å². The van der Waals surface area contributed by atoms with Gasteiger partial charge in [-0.15, -0.1) is 11.6 Å². The van der Waals surface area contributed by atoms with Gasteiger partial charge in [0, 0.05) is 38.5 Å². The molecule has 0 radical (unpaired) electrons. The highest BCUT2D eigenvalue weighted by Gasteiger charge is 2.25. The molecule has 0 aromatic carbocycles. The van der Waals surface area contributed by atoms with Gasteiger partial charge in [0.05, 0.1) is 0 Å². The molecule has 0 atom stereocenters. The molecule has 2 heterocycles. The lowest BCUT2D eigenvalue weighted by Gasteiger charge is -2.34. The maximum Gasteiger partial charge on any atom is 0.289 e. The third kappa shape index (κ3) is 3.76. The van der Waals surface area contributed by atoms with Crippen molar-refractivity contribution in [3.05, 3.63) is 22.6 Å². The summed E-state index contributed by atoms with van der Waals surface area (Å²) in [6.45, 7) is 2.19. The average molecular weight is 364 g/mol. The summed E-state index contributed by atoms with van der Waals surface area (Å²) >= 11 is 8.76. The lowest BCUT2D eigenvalue weighted by atomic mass is 10.2. The van der Waals surface area contributed by atoms with Crippen molar-refractivity contribution >= 4 is 39.3 Å². The maximum atomic E-state index is 12.2. The van der Waals surface area contributed by atoms with Crippen molar-refractivity contribution in [3.63, 3.8) is 0 Å². The second-order valence-electron chi connectivity index (χ2n) is 4.57. The molecule has 1 fully saturated rings. The summed E-state index contributed by atoms with van der Waals surface area (Å²) in [4.78, 5) is 27.5. The van der Waals surface area contributed by atoms with Crippen LogP contribution in [-0.2, 0) is 4.79 Å². The van der Waals surface area contributed by atoms with Crippen LogP contribution in [0.5, 0.6) is 0 Å². The molecule has 1 aliphatic rings. The number of hydrogen-bond acceptors (Lipinski definition) is 3. The predicted octanol–water partition coefficient (Wildman–Crippen LogP) is 2.35. The zero-order chi connectivity index (χ0) is 14.5. The molecule has 1 saturated heterocycles. The topological polar surface area (TPSA) is 53.8 Å². The van der Waals surface area contributed by atoms with Gasteiger partial charge in [0.1, 0.15) is 0 Å². The minimum atomic E-state index is -0.136. The molecule has 0 saturated carbocycles. The molecule has 0 bridgehead atoms. The first-order chi connectivity index (χ1) is 9.61. The van der Waals surface area contributed by atoms with E-state index in [1.807, 2.05) is 0 Å². The molecule has 1 aromatic rings. The summed E-state index contributed by atoms with van der Waals surface area (Å²) < 4.78 is 5.79. The first kappa shape index (κ1) is 15.4. The van der Waals surface area contributed by atoms with E-state index in [-0.39, 0.29) is 11.8 Å². The number of carbonyl (C=O) groups excluding carboxylic acids is 2. The molecule has 0 N–H and O–H groups in total. The molecule has 0 aliphatic carbocycles. The molecule has 2 rings (SSSR count). The lowest BCUT2D eigenvalue weighted by Crippen LogP contribution is -2.50. The summed E-state index contributed by atoms with van der Waals surface area (Å²) in [5, 5.41) is 0. The normalized spacial score (nSPS) is 15.5. The Kier molecular flexibility index (Phi) is 5.48. The number of halogens is 2. The summed E-state index contributed by atoms with van der Waals surface area (Å²) in [6.07, 6.45) is 1.17. The fourth-order valence-corrected chi connectivity index (χ4v) is 2.56. The molecule has 1 aromatic heterocycles. The molecule has 0 spiro atoms. The minimum Gasteiger partial charge on any atom is -0.444 e. The number of amides is 2. The Balaban J connectivity index is 1.85. The average Bonchev–Trinajstić information content (AvgIpc) is 2.90. The molecule has 0 unspecified atom stereocenters. The van der Waals surface area contributed by atoms with Crippen molar-refractivity contribution in [3.8, 4) is 0 Å². The number of nitrogens with zero attached hydrogens (tertiary/aromatic N) is 2. The second kappa shape index (κ2) is 7.13. The van der Waals surface area contributed by atoms with Gasteiger partial charge in [-0.25, -0.2) is 0 Å². The monoisotopic (exact) mass is 362 g/mol. The van der Waals surface area contributed by atoms with Crippen LogP contribution in [0, 0.1) is 0 Å². The van der Waals surface area contributed by atoms with E-state index >= 15 is 0 Å². The molecule has 2 amide bonds. The zero-order valence-corrected chi connectivity index (χ0v) is 13.3. The van der Waals surface area contributed by atoms with Crippen LogP contribution in [0.15, 0.2) is 21.2 Å². The number of alkyl halides is 1. The van der Waals surface area contributed by atoms with Gasteiger partial charge in [0.15, 0.2) is 10.4 Å². The second-order valence-corrected chi connectivity index (χ2v) is 5.73. The van der Waals surface area contributed by atoms with Gasteiger partial charge in [-0.3, -0.25) is 9.59 Å². The van der Waals surface area contributed by atoms with Crippen LogP contribution in [-0.4, -0.2) is 53.7 Å². The van der Waals surface area contributed by atoms with E-state index in [4.69, 9.17) is 16.0 Å². The quantitative estimate of drug-likeness (QED) is 0.772. The number of rotatable bonds is 4. The molecular formula is C13H16BrClN2O3. The van der Waals surface area contributed by atoms with Crippen molar-refractivity contribution in [2.24, 2.45) is 0 Å². The summed E-state index contributed by atoms with van der Waals surface area (Å²) in [6, 6.07) is 3.34. The standard InChI is InChI=1S/C13H16BrClN2O3/c14-11-4-3-10(20-11)13(19)17-8-6-16(7-9-17)12(18)2-1-5-15/h3-4H,1-2,5-9H2. The van der Waals surface area contributed by atoms with Crippen LogP contribution in [0.2, 0.25) is 0 Å². The maximum absolute atomic E-state index is 12.2. The van der Waals surface area contributed by atoms with Crippen LogP contribution in [0.25, 0.3) is 0 Å². The Morgan fingerprint density at radius 1 is 1.20 bits per heavy atom. The van der Waals surface area contributed by atoms with Crippen LogP contribution in [0.1, 0.15) is 23.4 Å². The van der Waals surface area contributed by atoms with Crippen molar-refractivity contribution in [2.75, 3.05) is 32.1 Å². The van der Waals surface area contributed by atoms with E-state index in [9.17, 15) is 9.59 Å². The van der Waals surface area contributed by atoms with E-state index in [1.165, 1.54) is 0 Å². The Morgan fingerprint density at radius 3 is 2.40 bits per heavy atom. The lowest BCUT2D eigenvalue weighted by molar-refractivity contribution is -0.132.